The monoisotopic (exact) mass is 303 g/mol. The van der Waals surface area contributed by atoms with E-state index in [1.165, 1.54) is 38.3 Å². The number of hydrogen-bond acceptors (Lipinski definition) is 6. The molecule has 2 N–H and O–H groups in total. The van der Waals surface area contributed by atoms with E-state index in [1.54, 1.807) is 0 Å². The van der Waals surface area contributed by atoms with E-state index in [2.05, 4.69) is 10.1 Å². The van der Waals surface area contributed by atoms with Crippen molar-refractivity contribution < 1.29 is 75.9 Å². The summed E-state index contributed by atoms with van der Waals surface area (Å²) in [6, 6.07) is 4.52. The van der Waals surface area contributed by atoms with E-state index < -0.39 is 18.0 Å². The minimum Gasteiger partial charge on any atom is -0.548 e. The molecule has 1 aromatic carbocycles. The Morgan fingerprint density at radius 2 is 1.90 bits per heavy atom. The molecule has 1 aromatic rings. The van der Waals surface area contributed by atoms with Crippen LogP contribution < -0.4 is 61.8 Å². The number of rotatable bonds is 5. The molecule has 6 nitrogen and oxygen atoms in total. The number of methoxy groups -OCH3 is 1. The number of phenolic OH excluding ortho intramolecular Hbond substituents is 1. The molecule has 0 unspecified atom stereocenters. The Hall–Kier alpha value is -0.864. The first-order valence-corrected chi connectivity index (χ1v) is 5.46. The van der Waals surface area contributed by atoms with Crippen LogP contribution in [0.25, 0.3) is 0 Å². The van der Waals surface area contributed by atoms with Crippen molar-refractivity contribution in [3.05, 3.63) is 41.6 Å². The second kappa shape index (κ2) is 9.14. The van der Waals surface area contributed by atoms with Crippen LogP contribution in [0.1, 0.15) is 18.5 Å². The van der Waals surface area contributed by atoms with Crippen LogP contribution in [0.2, 0.25) is 0 Å². The summed E-state index contributed by atoms with van der Waals surface area (Å²) in [7, 11) is 1.22. The van der Waals surface area contributed by atoms with Gasteiger partial charge in [-0.05, 0) is 24.6 Å². The van der Waals surface area contributed by atoms with Gasteiger partial charge in [-0.15, -0.1) is 0 Å². The topological polar surface area (TPSA) is 98.7 Å². The van der Waals surface area contributed by atoms with Crippen LogP contribution in [-0.2, 0) is 14.3 Å². The quantitative estimate of drug-likeness (QED) is 0.339. The van der Waals surface area contributed by atoms with E-state index >= 15 is 0 Å². The summed E-state index contributed by atoms with van der Waals surface area (Å²) in [6.07, 6.45) is 1.14. The summed E-state index contributed by atoms with van der Waals surface area (Å²) in [5.41, 5.74) is 0.726. The molecule has 0 radical (unpaired) electrons. The number of aromatic hydroxyl groups is 1. The third-order valence-electron chi connectivity index (χ3n) is 2.37. The number of carbonyl (C=O) groups excluding carboxylic acids is 2. The fraction of sp³-hybridized carbons (Fsp3) is 0.231. The zero-order valence-electron chi connectivity index (χ0n) is 11.5. The van der Waals surface area contributed by atoms with Crippen molar-refractivity contribution in [3.8, 4) is 5.75 Å². The van der Waals surface area contributed by atoms with Crippen molar-refractivity contribution in [1.29, 1.82) is 0 Å². The van der Waals surface area contributed by atoms with Gasteiger partial charge in [-0.3, -0.25) is 0 Å². The van der Waals surface area contributed by atoms with Crippen molar-refractivity contribution in [3.63, 3.8) is 0 Å². The van der Waals surface area contributed by atoms with Crippen LogP contribution in [0.15, 0.2) is 36.0 Å². The van der Waals surface area contributed by atoms with Gasteiger partial charge < -0.3 is 25.1 Å². The van der Waals surface area contributed by atoms with Crippen molar-refractivity contribution in [1.82, 2.24) is 5.32 Å². The molecule has 1 atom stereocenters. The number of benzene rings is 1. The molecule has 0 heterocycles. The average molecular weight is 303 g/mol. The minimum absolute atomic E-state index is 0. The molecule has 0 aliphatic heterocycles. The molecule has 0 aliphatic carbocycles. The SMILES string of the molecule is COC(=O)/C=C(\C)N[C@H](C(=O)[O-])c1ccc(O)cc1.[K+]. The number of carboxylic acids is 1. The number of phenols is 1. The first-order chi connectivity index (χ1) is 8.93. The van der Waals surface area contributed by atoms with Crippen LogP contribution in [0, 0.1) is 0 Å². The summed E-state index contributed by atoms with van der Waals surface area (Å²) >= 11 is 0. The van der Waals surface area contributed by atoms with Crippen molar-refractivity contribution in [2.45, 2.75) is 13.0 Å². The van der Waals surface area contributed by atoms with Gasteiger partial charge in [0.2, 0.25) is 0 Å². The second-order valence-electron chi connectivity index (χ2n) is 3.84. The summed E-state index contributed by atoms with van der Waals surface area (Å²) < 4.78 is 4.43. The Labute approximate surface area is 159 Å². The van der Waals surface area contributed by atoms with Crippen molar-refractivity contribution >= 4 is 11.9 Å². The number of ether oxygens (including phenoxy) is 1. The van der Waals surface area contributed by atoms with Crippen LogP contribution >= 0.6 is 0 Å². The van der Waals surface area contributed by atoms with E-state index in [1.807, 2.05) is 0 Å². The maximum Gasteiger partial charge on any atom is 1.00 e. The van der Waals surface area contributed by atoms with Gasteiger partial charge in [-0.25, -0.2) is 4.79 Å². The standard InChI is InChI=1S/C13H15NO5.K/c1-8(7-11(16)19-2)14-12(13(17)18)9-3-5-10(15)6-4-9;/h3-7,12,14-15H,1-2H3,(H,17,18);/q;+1/p-1/b8-7+;/t12-;/m0./s1. The molecular formula is C13H14KNO5. The number of allylic oxidation sites excluding steroid dienone is 1. The average Bonchev–Trinajstić information content (AvgIpc) is 2.36. The van der Waals surface area contributed by atoms with Gasteiger partial charge in [0.25, 0.3) is 0 Å². The first-order valence-electron chi connectivity index (χ1n) is 5.46. The van der Waals surface area contributed by atoms with Crippen LogP contribution in [0.5, 0.6) is 5.75 Å². The predicted octanol–water partition coefficient (Wildman–Crippen LogP) is -3.15. The maximum atomic E-state index is 11.1. The predicted molar refractivity (Wildman–Crippen MR) is 64.8 cm³/mol. The van der Waals surface area contributed by atoms with Crippen molar-refractivity contribution in [2.75, 3.05) is 7.11 Å². The van der Waals surface area contributed by atoms with Gasteiger partial charge in [-0.1, -0.05) is 12.1 Å². The minimum atomic E-state index is -1.34. The Morgan fingerprint density at radius 3 is 2.35 bits per heavy atom. The zero-order chi connectivity index (χ0) is 14.4. The number of esters is 1. The molecular weight excluding hydrogens is 289 g/mol. The van der Waals surface area contributed by atoms with Crippen LogP contribution in [0.3, 0.4) is 0 Å². The number of carbonyl (C=O) groups is 2. The number of hydrogen-bond donors (Lipinski definition) is 2. The Balaban J connectivity index is 0.00000361. The third-order valence-corrected chi connectivity index (χ3v) is 2.37. The molecule has 0 fully saturated rings. The molecule has 0 saturated carbocycles. The third kappa shape index (κ3) is 6.06. The molecule has 0 aliphatic rings. The smallest absolute Gasteiger partial charge is 0.548 e. The van der Waals surface area contributed by atoms with E-state index in [0.717, 1.165) is 6.08 Å². The van der Waals surface area contributed by atoms with E-state index in [4.69, 9.17) is 5.11 Å². The Morgan fingerprint density at radius 1 is 1.35 bits per heavy atom. The normalized spacial score (nSPS) is 12.0. The number of carboxylic acid groups (broad SMARTS) is 1. The van der Waals surface area contributed by atoms with E-state index in [9.17, 15) is 14.7 Å². The number of aliphatic carboxylic acids is 1. The fourth-order valence-corrected chi connectivity index (χ4v) is 1.45. The zero-order valence-corrected chi connectivity index (χ0v) is 14.7. The molecule has 102 valence electrons. The first kappa shape index (κ1) is 19.1. The second-order valence-corrected chi connectivity index (χ2v) is 3.84. The summed E-state index contributed by atoms with van der Waals surface area (Å²) in [4.78, 5) is 22.1. The van der Waals surface area contributed by atoms with Gasteiger partial charge >= 0.3 is 57.4 Å². The van der Waals surface area contributed by atoms with Crippen LogP contribution in [-0.4, -0.2) is 24.2 Å². The molecule has 0 bridgehead atoms. The van der Waals surface area contributed by atoms with Crippen LogP contribution in [0.4, 0.5) is 0 Å². The largest absolute Gasteiger partial charge is 1.00 e. The molecule has 0 aromatic heterocycles. The summed E-state index contributed by atoms with van der Waals surface area (Å²) in [5, 5.41) is 22.9. The van der Waals surface area contributed by atoms with Gasteiger partial charge in [0, 0.05) is 11.8 Å². The van der Waals surface area contributed by atoms with Gasteiger partial charge in [0.15, 0.2) is 0 Å². The molecule has 0 amide bonds. The Bertz CT molecular complexity index is 498. The summed E-state index contributed by atoms with van der Waals surface area (Å²) in [6.45, 7) is 1.53. The fourth-order valence-electron chi connectivity index (χ4n) is 1.45. The van der Waals surface area contributed by atoms with Gasteiger partial charge in [0.1, 0.15) is 5.75 Å². The molecule has 1 rings (SSSR count). The van der Waals surface area contributed by atoms with Gasteiger partial charge in [0.05, 0.1) is 19.1 Å². The van der Waals surface area contributed by atoms with Gasteiger partial charge in [-0.2, -0.15) is 0 Å². The van der Waals surface area contributed by atoms with E-state index in [0.29, 0.717) is 11.3 Å². The molecule has 7 heteroatoms. The maximum absolute atomic E-state index is 11.1. The molecule has 20 heavy (non-hydrogen) atoms. The van der Waals surface area contributed by atoms with E-state index in [-0.39, 0.29) is 57.1 Å². The Kier molecular flexibility index (Phi) is 8.75. The molecule has 0 saturated heterocycles. The molecule has 0 spiro atoms. The summed E-state index contributed by atoms with van der Waals surface area (Å²) in [5.74, 6) is -1.90. The van der Waals surface area contributed by atoms with Crippen molar-refractivity contribution in [2.24, 2.45) is 0 Å². The number of nitrogens with one attached hydrogen (secondary N) is 1.